The molecule has 294 valence electrons. The highest BCUT2D eigenvalue weighted by atomic mass is 16.2. The predicted molar refractivity (Wildman–Crippen MR) is 215 cm³/mol. The van der Waals surface area contributed by atoms with Crippen LogP contribution in [0.25, 0.3) is 0 Å². The normalized spacial score (nSPS) is 9.08. The monoisotopic (exact) mass is 711 g/mol. The van der Waals surface area contributed by atoms with Crippen molar-refractivity contribution in [3.05, 3.63) is 50.6 Å². The summed E-state index contributed by atoms with van der Waals surface area (Å²) in [5.74, 6) is -1.06. The van der Waals surface area contributed by atoms with Gasteiger partial charge in [-0.1, -0.05) is 101 Å². The summed E-state index contributed by atoms with van der Waals surface area (Å²) in [4.78, 5) is 65.7. The first kappa shape index (κ1) is 62.0. The highest BCUT2D eigenvalue weighted by molar-refractivity contribution is 6.08. The minimum absolute atomic E-state index is 0. The first-order valence-corrected chi connectivity index (χ1v) is 16.6. The Hall–Kier alpha value is -3.18. The fourth-order valence-corrected chi connectivity index (χ4v) is 3.76. The molecule has 0 aliphatic rings. The first-order valence-electron chi connectivity index (χ1n) is 16.6. The van der Waals surface area contributed by atoms with Crippen molar-refractivity contribution in [3.8, 4) is 0 Å². The van der Waals surface area contributed by atoms with Crippen molar-refractivity contribution in [2.75, 3.05) is 39.3 Å². The number of nitrogens with two attached hydrogens (primary N) is 2. The molecular weight excluding hydrogens is 632 g/mol. The van der Waals surface area contributed by atoms with E-state index in [9.17, 15) is 28.8 Å². The van der Waals surface area contributed by atoms with E-state index in [0.29, 0.717) is 25.9 Å². The third-order valence-electron chi connectivity index (χ3n) is 6.53. The largest absolute Gasteiger partial charge is 0.330 e. The van der Waals surface area contributed by atoms with Gasteiger partial charge in [-0.25, -0.2) is 0 Å². The Morgan fingerprint density at radius 1 is 0.400 bits per heavy atom. The van der Waals surface area contributed by atoms with Crippen molar-refractivity contribution in [2.45, 2.75) is 132 Å². The van der Waals surface area contributed by atoms with E-state index < -0.39 is 0 Å². The molecule has 0 saturated carbocycles. The van der Waals surface area contributed by atoms with Gasteiger partial charge in [-0.3, -0.25) is 28.8 Å². The Kier molecular flexibility index (Phi) is 62.2. The number of unbranched alkanes of at least 4 members (excludes halogenated alkanes) is 9. The Morgan fingerprint density at radius 3 is 0.940 bits per heavy atom. The molecule has 0 unspecified atom stereocenters. The van der Waals surface area contributed by atoms with Crippen LogP contribution in [0.1, 0.15) is 132 Å². The van der Waals surface area contributed by atoms with Crippen molar-refractivity contribution in [2.24, 2.45) is 11.5 Å². The van der Waals surface area contributed by atoms with Crippen LogP contribution in [0.2, 0.25) is 0 Å². The van der Waals surface area contributed by atoms with E-state index in [1.807, 2.05) is 0 Å². The molecule has 50 heavy (non-hydrogen) atoms. The van der Waals surface area contributed by atoms with Gasteiger partial charge in [0.05, 0.1) is 19.3 Å². The first-order chi connectivity index (χ1) is 22.1. The van der Waals surface area contributed by atoms with Crippen LogP contribution in [-0.4, -0.2) is 74.0 Å². The summed E-state index contributed by atoms with van der Waals surface area (Å²) in [5, 5.41) is 6.44. The van der Waals surface area contributed by atoms with Gasteiger partial charge in [0.1, 0.15) is 11.6 Å². The Balaban J connectivity index is -0.000000133. The lowest BCUT2D eigenvalue weighted by Gasteiger charge is -2.05. The van der Waals surface area contributed by atoms with Gasteiger partial charge in [-0.05, 0) is 76.2 Å². The zero-order chi connectivity index (χ0) is 35.3. The van der Waals surface area contributed by atoms with Gasteiger partial charge >= 0.3 is 0 Å². The molecule has 0 aromatic rings. The molecule has 0 spiro atoms. The molecule has 0 bridgehead atoms. The third kappa shape index (κ3) is 54.3. The van der Waals surface area contributed by atoms with E-state index in [-0.39, 0.29) is 83.7 Å². The topological polar surface area (TPSA) is 179 Å². The van der Waals surface area contributed by atoms with Crippen LogP contribution in [0, 0.1) is 0 Å². The zero-order valence-electron chi connectivity index (χ0n) is 28.3. The fraction of sp³-hybridized carbons (Fsp3) is 0.650. The molecule has 0 aromatic carbocycles. The molecular formula is C40H78N4O6. The lowest BCUT2D eigenvalue weighted by Crippen LogP contribution is -2.20. The Bertz CT molecular complexity index is 832. The molecule has 10 heteroatoms. The summed E-state index contributed by atoms with van der Waals surface area (Å²) in [7, 11) is 0. The zero-order valence-corrected chi connectivity index (χ0v) is 28.3. The summed E-state index contributed by atoms with van der Waals surface area (Å²) >= 11 is 0. The van der Waals surface area contributed by atoms with Gasteiger partial charge in [0.2, 0.25) is 0 Å². The molecule has 6 N–H and O–H groups in total. The minimum atomic E-state index is -0.264. The number of rotatable bonds is 31. The van der Waals surface area contributed by atoms with Gasteiger partial charge in [-0.2, -0.15) is 0 Å². The standard InChI is InChI=1S/C21H34N2O4.C8H20N2.C7H8O2.4CH4/c1-3-18(24)16-20(26)10-14-22-12-8-6-5-7-9-13-23-15-11-21(27)17-19(25)4-2;9-7-5-3-1-2-4-6-8-10;1-3-6(8)5-7(9)4-2;;;;/h3-4,22-23H,1-2,5-17H2;1-10H2;3-4H,1-2,5H2;4*1H4. The average Bonchev–Trinajstić information content (AvgIpc) is 3.05. The average molecular weight is 711 g/mol. The van der Waals surface area contributed by atoms with E-state index >= 15 is 0 Å². The smallest absolute Gasteiger partial charge is 0.162 e. The van der Waals surface area contributed by atoms with E-state index in [4.69, 9.17) is 11.5 Å². The summed E-state index contributed by atoms with van der Waals surface area (Å²) in [6.45, 7) is 17.8. The van der Waals surface area contributed by atoms with Crippen LogP contribution in [0.3, 0.4) is 0 Å². The van der Waals surface area contributed by atoms with Gasteiger partial charge in [0, 0.05) is 25.9 Å². The van der Waals surface area contributed by atoms with Crippen molar-refractivity contribution in [3.63, 3.8) is 0 Å². The molecule has 0 radical (unpaired) electrons. The highest BCUT2D eigenvalue weighted by Crippen LogP contribution is 2.04. The molecule has 0 atom stereocenters. The summed E-state index contributed by atoms with van der Waals surface area (Å²) in [6, 6.07) is 0. The predicted octanol–water partition coefficient (Wildman–Crippen LogP) is 7.00. The number of allylic oxidation sites excluding steroid dienone is 4. The van der Waals surface area contributed by atoms with Gasteiger partial charge in [0.15, 0.2) is 23.1 Å². The molecule has 0 amide bonds. The van der Waals surface area contributed by atoms with E-state index in [2.05, 4.69) is 36.9 Å². The van der Waals surface area contributed by atoms with Crippen molar-refractivity contribution in [1.29, 1.82) is 0 Å². The fourth-order valence-electron chi connectivity index (χ4n) is 3.76. The third-order valence-corrected chi connectivity index (χ3v) is 6.53. The molecule has 0 rings (SSSR count). The number of carbonyl (C=O) groups excluding carboxylic acids is 6. The van der Waals surface area contributed by atoms with Crippen LogP contribution in [0.4, 0.5) is 0 Å². The maximum atomic E-state index is 11.4. The number of carbonyl (C=O) groups is 6. The molecule has 0 heterocycles. The van der Waals surface area contributed by atoms with Crippen LogP contribution in [0.5, 0.6) is 0 Å². The highest BCUT2D eigenvalue weighted by Gasteiger charge is 2.06. The molecule has 0 fully saturated rings. The Labute approximate surface area is 307 Å². The number of hydrogen-bond donors (Lipinski definition) is 4. The van der Waals surface area contributed by atoms with Gasteiger partial charge in [0.25, 0.3) is 0 Å². The van der Waals surface area contributed by atoms with E-state index in [1.165, 1.54) is 50.7 Å². The maximum Gasteiger partial charge on any atom is 0.162 e. The van der Waals surface area contributed by atoms with E-state index in [0.717, 1.165) is 70.4 Å². The lowest BCUT2D eigenvalue weighted by atomic mass is 10.1. The van der Waals surface area contributed by atoms with Crippen LogP contribution in [0.15, 0.2) is 50.6 Å². The number of hydrogen-bond acceptors (Lipinski definition) is 10. The minimum Gasteiger partial charge on any atom is -0.330 e. The lowest BCUT2D eigenvalue weighted by molar-refractivity contribution is -0.126. The second-order valence-electron chi connectivity index (χ2n) is 10.8. The number of ketones is 6. The quantitative estimate of drug-likeness (QED) is 0.0333. The van der Waals surface area contributed by atoms with Crippen molar-refractivity contribution in [1.82, 2.24) is 10.6 Å². The van der Waals surface area contributed by atoms with Crippen LogP contribution >= 0.6 is 0 Å². The second kappa shape index (κ2) is 50.2. The SMILES string of the molecule is C.C.C.C.C=CC(=O)CC(=O)C=C.C=CC(=O)CC(=O)CCNCCCCCCCNCCC(=O)CC(=O)C=C.NCCCCCCCCN. The van der Waals surface area contributed by atoms with Crippen LogP contribution < -0.4 is 22.1 Å². The van der Waals surface area contributed by atoms with Gasteiger partial charge in [-0.15, -0.1) is 0 Å². The molecule has 0 aliphatic carbocycles. The molecule has 0 aromatic heterocycles. The molecule has 0 aliphatic heterocycles. The molecule has 10 nitrogen and oxygen atoms in total. The summed E-state index contributed by atoms with van der Waals surface area (Å²) in [5.41, 5.74) is 10.7. The number of nitrogens with one attached hydrogen (secondary N) is 2. The van der Waals surface area contributed by atoms with Crippen molar-refractivity contribution < 1.29 is 28.8 Å². The summed E-state index contributed by atoms with van der Waals surface area (Å²) in [6.07, 6.45) is 18.4. The maximum absolute atomic E-state index is 11.4. The summed E-state index contributed by atoms with van der Waals surface area (Å²) < 4.78 is 0. The van der Waals surface area contributed by atoms with Crippen molar-refractivity contribution >= 4 is 34.7 Å². The Morgan fingerprint density at radius 2 is 0.660 bits per heavy atom. The van der Waals surface area contributed by atoms with E-state index in [1.54, 1.807) is 0 Å². The van der Waals surface area contributed by atoms with Crippen LogP contribution in [-0.2, 0) is 28.8 Å². The molecule has 0 saturated heterocycles. The van der Waals surface area contributed by atoms with Gasteiger partial charge < -0.3 is 22.1 Å². The second-order valence-corrected chi connectivity index (χ2v) is 10.8. The number of Topliss-reactive ketones (excluding diaryl/α,β-unsaturated/α-hetero) is 2.